The summed E-state index contributed by atoms with van der Waals surface area (Å²) >= 11 is 0. The maximum absolute atomic E-state index is 14.8. The largest absolute Gasteiger partial charge is 0.483 e. The average molecular weight is 453 g/mol. The second kappa shape index (κ2) is 8.50. The molecular formula is C22H23F4N3O3. The third-order valence-electron chi connectivity index (χ3n) is 5.46. The third-order valence-corrected chi connectivity index (χ3v) is 5.46. The van der Waals surface area contributed by atoms with Crippen LogP contribution in [0.2, 0.25) is 0 Å². The van der Waals surface area contributed by atoms with Gasteiger partial charge in [0.2, 0.25) is 0 Å². The molecule has 1 aliphatic rings. The van der Waals surface area contributed by atoms with Crippen molar-refractivity contribution in [3.8, 4) is 5.75 Å². The number of aromatic nitrogens is 1. The first kappa shape index (κ1) is 23.6. The van der Waals surface area contributed by atoms with Gasteiger partial charge in [-0.3, -0.25) is 9.79 Å². The van der Waals surface area contributed by atoms with Gasteiger partial charge in [0.1, 0.15) is 35.2 Å². The number of Topliss-reactive ketones (excluding diaryl/α,β-unsaturated/α-hetero) is 1. The van der Waals surface area contributed by atoms with Gasteiger partial charge in [0.05, 0.1) is 11.8 Å². The van der Waals surface area contributed by atoms with Crippen LogP contribution in [0.4, 0.5) is 17.6 Å². The van der Waals surface area contributed by atoms with E-state index in [1.54, 1.807) is 26.8 Å². The lowest BCUT2D eigenvalue weighted by Gasteiger charge is -2.44. The Morgan fingerprint density at radius 2 is 1.94 bits per heavy atom. The van der Waals surface area contributed by atoms with Crippen molar-refractivity contribution in [2.45, 2.75) is 44.5 Å². The number of ether oxygens (including phenoxy) is 2. The predicted molar refractivity (Wildman–Crippen MR) is 109 cm³/mol. The minimum atomic E-state index is -4.47. The van der Waals surface area contributed by atoms with Gasteiger partial charge in [0.25, 0.3) is 0 Å². The number of hydrogen-bond acceptors (Lipinski definition) is 6. The zero-order valence-corrected chi connectivity index (χ0v) is 17.8. The molecule has 32 heavy (non-hydrogen) atoms. The van der Waals surface area contributed by atoms with Crippen LogP contribution in [-0.4, -0.2) is 41.6 Å². The Labute approximate surface area is 182 Å². The molecule has 0 saturated carbocycles. The molecule has 1 aromatic carbocycles. The van der Waals surface area contributed by atoms with Crippen molar-refractivity contribution < 1.29 is 31.8 Å². The Bertz CT molecular complexity index is 1040. The molecular weight excluding hydrogens is 430 g/mol. The van der Waals surface area contributed by atoms with Crippen LogP contribution in [0.15, 0.2) is 41.5 Å². The zero-order valence-electron chi connectivity index (χ0n) is 17.8. The van der Waals surface area contributed by atoms with Crippen LogP contribution >= 0.6 is 0 Å². The number of pyridine rings is 1. The van der Waals surface area contributed by atoms with E-state index in [2.05, 4.69) is 14.7 Å². The molecule has 172 valence electrons. The fourth-order valence-corrected chi connectivity index (χ4v) is 3.36. The Morgan fingerprint density at radius 1 is 1.22 bits per heavy atom. The lowest BCUT2D eigenvalue weighted by molar-refractivity contribution is -0.153. The number of halogens is 4. The van der Waals surface area contributed by atoms with E-state index in [1.165, 1.54) is 24.3 Å². The van der Waals surface area contributed by atoms with E-state index in [0.717, 1.165) is 6.20 Å². The molecule has 0 fully saturated rings. The second-order valence-corrected chi connectivity index (χ2v) is 8.17. The van der Waals surface area contributed by atoms with Crippen molar-refractivity contribution in [2.24, 2.45) is 10.7 Å². The molecule has 3 rings (SSSR count). The van der Waals surface area contributed by atoms with Gasteiger partial charge in [-0.15, -0.1) is 0 Å². The fraction of sp³-hybridized carbons (Fsp3) is 0.409. The van der Waals surface area contributed by atoms with E-state index in [9.17, 15) is 22.4 Å². The first-order valence-corrected chi connectivity index (χ1v) is 9.76. The van der Waals surface area contributed by atoms with Gasteiger partial charge in [0.15, 0.2) is 12.4 Å². The monoisotopic (exact) mass is 453 g/mol. The van der Waals surface area contributed by atoms with Crippen LogP contribution in [0.3, 0.4) is 0 Å². The minimum absolute atomic E-state index is 0.0463. The summed E-state index contributed by atoms with van der Waals surface area (Å²) < 4.78 is 61.8. The number of benzene rings is 1. The van der Waals surface area contributed by atoms with E-state index in [-0.39, 0.29) is 35.9 Å². The molecule has 1 atom stereocenters. The van der Waals surface area contributed by atoms with E-state index in [0.29, 0.717) is 5.56 Å². The average Bonchev–Trinajstić information content (AvgIpc) is 2.71. The maximum Gasteiger partial charge on any atom is 0.422 e. The van der Waals surface area contributed by atoms with Gasteiger partial charge in [-0.05, 0) is 50.6 Å². The topological polar surface area (TPSA) is 86.8 Å². The molecule has 0 spiro atoms. The first-order valence-electron chi connectivity index (χ1n) is 9.76. The molecule has 2 heterocycles. The summed E-state index contributed by atoms with van der Waals surface area (Å²) in [5.74, 6) is -0.768. The van der Waals surface area contributed by atoms with Crippen molar-refractivity contribution in [3.63, 3.8) is 0 Å². The van der Waals surface area contributed by atoms with Crippen LogP contribution in [0.5, 0.6) is 5.75 Å². The number of aliphatic imine (C=N–C) groups is 1. The van der Waals surface area contributed by atoms with E-state index < -0.39 is 35.5 Å². The molecule has 10 heteroatoms. The van der Waals surface area contributed by atoms with Gasteiger partial charge in [-0.25, -0.2) is 9.37 Å². The lowest BCUT2D eigenvalue weighted by Crippen LogP contribution is -2.52. The van der Waals surface area contributed by atoms with Crippen molar-refractivity contribution in [1.82, 2.24) is 4.98 Å². The molecule has 2 aromatic rings. The normalized spacial score (nSPS) is 20.5. The lowest BCUT2D eigenvalue weighted by atomic mass is 9.76. The smallest absolute Gasteiger partial charge is 0.422 e. The highest BCUT2D eigenvalue weighted by Gasteiger charge is 2.47. The summed E-state index contributed by atoms with van der Waals surface area (Å²) in [6.45, 7) is 3.96. The minimum Gasteiger partial charge on any atom is -0.483 e. The number of rotatable bonds is 6. The molecule has 0 aliphatic carbocycles. The van der Waals surface area contributed by atoms with Crippen LogP contribution in [0.25, 0.3) is 0 Å². The number of nitrogens with zero attached hydrogens (tertiary/aromatic N) is 2. The number of amidine groups is 1. The fourth-order valence-electron chi connectivity index (χ4n) is 3.36. The van der Waals surface area contributed by atoms with Crippen molar-refractivity contribution >= 4 is 11.6 Å². The second-order valence-electron chi connectivity index (χ2n) is 8.17. The van der Waals surface area contributed by atoms with Gasteiger partial charge in [-0.2, -0.15) is 13.2 Å². The Balaban J connectivity index is 1.80. The van der Waals surface area contributed by atoms with Gasteiger partial charge >= 0.3 is 6.18 Å². The van der Waals surface area contributed by atoms with E-state index >= 15 is 0 Å². The molecule has 0 amide bonds. The van der Waals surface area contributed by atoms with E-state index in [4.69, 9.17) is 10.5 Å². The molecule has 0 saturated heterocycles. The first-order chi connectivity index (χ1) is 14.8. The number of alkyl halides is 3. The van der Waals surface area contributed by atoms with Crippen LogP contribution in [-0.2, 0) is 16.7 Å². The predicted octanol–water partition coefficient (Wildman–Crippen LogP) is 3.97. The quantitative estimate of drug-likeness (QED) is 0.528. The van der Waals surface area contributed by atoms with Crippen molar-refractivity contribution in [2.75, 3.05) is 13.2 Å². The van der Waals surface area contributed by atoms with Crippen LogP contribution in [0.1, 0.15) is 42.4 Å². The number of ketones is 1. The van der Waals surface area contributed by atoms with Gasteiger partial charge < -0.3 is 15.2 Å². The summed E-state index contributed by atoms with van der Waals surface area (Å²) in [5, 5.41) is 0. The molecule has 6 nitrogen and oxygen atoms in total. The summed E-state index contributed by atoms with van der Waals surface area (Å²) in [6, 6.07) is 6.79. The highest BCUT2D eigenvalue weighted by molar-refractivity contribution is 5.95. The Hall–Kier alpha value is -3.01. The molecule has 0 radical (unpaired) electrons. The summed E-state index contributed by atoms with van der Waals surface area (Å²) in [6.07, 6.45) is -3.52. The van der Waals surface area contributed by atoms with Gasteiger partial charge in [0, 0.05) is 12.0 Å². The molecule has 0 bridgehead atoms. The third kappa shape index (κ3) is 5.07. The zero-order chi connectivity index (χ0) is 23.7. The SMILES string of the molecule is CC1(C)OCC(N)=N[C@]1(C)c1cc(CC(=O)c2ccc(OCC(F)(F)F)cn2)ccc1F. The Kier molecular flexibility index (Phi) is 6.28. The highest BCUT2D eigenvalue weighted by atomic mass is 19.4. The summed E-state index contributed by atoms with van der Waals surface area (Å²) in [4.78, 5) is 21.0. The number of hydrogen-bond donors (Lipinski definition) is 1. The highest BCUT2D eigenvalue weighted by Crippen LogP contribution is 2.42. The van der Waals surface area contributed by atoms with Gasteiger partial charge in [-0.1, -0.05) is 6.07 Å². The Morgan fingerprint density at radius 3 is 2.56 bits per heavy atom. The standard InChI is InChI=1S/C22H23F4N3O3/c1-20(2)21(3,29-19(27)11-32-20)15-8-13(4-6-16(15)23)9-18(30)17-7-5-14(10-28-17)31-12-22(24,25)26/h4-8,10H,9,11-12H2,1-3H3,(H2,27,29)/t21-/m1/s1. The van der Waals surface area contributed by atoms with E-state index in [1.807, 2.05) is 0 Å². The van der Waals surface area contributed by atoms with Crippen LogP contribution < -0.4 is 10.5 Å². The van der Waals surface area contributed by atoms with Crippen molar-refractivity contribution in [3.05, 3.63) is 59.2 Å². The van der Waals surface area contributed by atoms with Crippen molar-refractivity contribution in [1.29, 1.82) is 0 Å². The van der Waals surface area contributed by atoms with Crippen LogP contribution in [0, 0.1) is 5.82 Å². The number of nitrogens with two attached hydrogens (primary N) is 1. The number of carbonyl (C=O) groups excluding carboxylic acids is 1. The molecule has 2 N–H and O–H groups in total. The molecule has 1 aliphatic heterocycles. The summed E-state index contributed by atoms with van der Waals surface area (Å²) in [7, 11) is 0. The molecule has 0 unspecified atom stereocenters. The summed E-state index contributed by atoms with van der Waals surface area (Å²) in [5.41, 5.74) is 4.67. The molecule has 1 aromatic heterocycles. The number of carbonyl (C=O) groups is 1. The maximum atomic E-state index is 14.8.